The highest BCUT2D eigenvalue weighted by atomic mass is 35.5. The third kappa shape index (κ3) is 2.93. The van der Waals surface area contributed by atoms with E-state index < -0.39 is 0 Å². The number of anilines is 2. The second kappa shape index (κ2) is 6.23. The van der Waals surface area contributed by atoms with Crippen molar-refractivity contribution in [1.82, 2.24) is 15.0 Å². The first-order valence-corrected chi connectivity index (χ1v) is 9.00. The number of H-pyrrole nitrogens is 1. The van der Waals surface area contributed by atoms with Gasteiger partial charge in [0, 0.05) is 31.9 Å². The fourth-order valence-electron chi connectivity index (χ4n) is 3.47. The van der Waals surface area contributed by atoms with Gasteiger partial charge in [-0.05, 0) is 56.2 Å². The molecule has 3 aromatic rings. The molecular formula is C19H22ClN5. The maximum absolute atomic E-state index is 6.31. The Morgan fingerprint density at radius 2 is 2.00 bits per heavy atom. The maximum Gasteiger partial charge on any atom is 0.204 e. The number of benzene rings is 1. The first-order valence-electron chi connectivity index (χ1n) is 8.62. The van der Waals surface area contributed by atoms with Crippen LogP contribution >= 0.6 is 11.6 Å². The van der Waals surface area contributed by atoms with E-state index in [0.29, 0.717) is 11.1 Å². The molecule has 5 nitrogen and oxygen atoms in total. The van der Waals surface area contributed by atoms with E-state index in [0.717, 1.165) is 42.4 Å². The molecule has 0 spiro atoms. The number of pyridine rings is 1. The van der Waals surface area contributed by atoms with E-state index in [2.05, 4.69) is 52.7 Å². The summed E-state index contributed by atoms with van der Waals surface area (Å²) >= 11 is 6.31. The molecule has 130 valence electrons. The van der Waals surface area contributed by atoms with E-state index in [-0.39, 0.29) is 0 Å². The molecule has 25 heavy (non-hydrogen) atoms. The Labute approximate surface area is 152 Å². The number of halogens is 1. The minimum absolute atomic E-state index is 0.314. The van der Waals surface area contributed by atoms with Crippen molar-refractivity contribution in [3.05, 3.63) is 46.6 Å². The van der Waals surface area contributed by atoms with Gasteiger partial charge in [-0.1, -0.05) is 11.6 Å². The topological polar surface area (TPSA) is 48.1 Å². The van der Waals surface area contributed by atoms with Gasteiger partial charge in [0.2, 0.25) is 5.95 Å². The summed E-state index contributed by atoms with van der Waals surface area (Å²) in [7, 11) is 0. The zero-order valence-corrected chi connectivity index (χ0v) is 15.5. The van der Waals surface area contributed by atoms with Gasteiger partial charge in [0.1, 0.15) is 5.82 Å². The molecule has 1 N–H and O–H groups in total. The second-order valence-corrected chi connectivity index (χ2v) is 7.22. The molecule has 6 heteroatoms. The Morgan fingerprint density at radius 3 is 2.76 bits per heavy atom. The minimum Gasteiger partial charge on any atom is -0.352 e. The van der Waals surface area contributed by atoms with Crippen molar-refractivity contribution in [2.45, 2.75) is 26.8 Å². The largest absolute Gasteiger partial charge is 0.352 e. The van der Waals surface area contributed by atoms with Crippen LogP contribution in [0.4, 0.5) is 11.8 Å². The molecule has 1 fully saturated rings. The molecule has 1 aliphatic rings. The number of aromatic amines is 1. The quantitative estimate of drug-likeness (QED) is 0.756. The van der Waals surface area contributed by atoms with Crippen LogP contribution in [0.3, 0.4) is 0 Å². The van der Waals surface area contributed by atoms with Crippen LogP contribution in [0.1, 0.15) is 18.1 Å². The highest BCUT2D eigenvalue weighted by molar-refractivity contribution is 6.32. The zero-order valence-electron chi connectivity index (χ0n) is 14.8. The fourth-order valence-corrected chi connectivity index (χ4v) is 3.71. The summed E-state index contributed by atoms with van der Waals surface area (Å²) in [5.74, 6) is 1.81. The molecular weight excluding hydrogens is 334 g/mol. The van der Waals surface area contributed by atoms with Crippen molar-refractivity contribution in [1.29, 1.82) is 0 Å². The van der Waals surface area contributed by atoms with Crippen LogP contribution in [-0.4, -0.2) is 40.6 Å². The van der Waals surface area contributed by atoms with Gasteiger partial charge in [0.15, 0.2) is 0 Å². The highest BCUT2D eigenvalue weighted by Gasteiger charge is 2.27. The monoisotopic (exact) mass is 355 g/mol. The number of aryl methyl sites for hydroxylation is 2. The Kier molecular flexibility index (Phi) is 4.04. The van der Waals surface area contributed by atoms with E-state index in [4.69, 9.17) is 16.6 Å². The zero-order chi connectivity index (χ0) is 17.6. The summed E-state index contributed by atoms with van der Waals surface area (Å²) in [6.07, 6.45) is 1.79. The fraction of sp³-hybridized carbons (Fsp3) is 0.368. The van der Waals surface area contributed by atoms with Crippen LogP contribution < -0.4 is 9.80 Å². The summed E-state index contributed by atoms with van der Waals surface area (Å²) in [5.41, 5.74) is 4.68. The molecule has 1 aromatic carbocycles. The maximum atomic E-state index is 6.31. The smallest absolute Gasteiger partial charge is 0.204 e. The lowest BCUT2D eigenvalue weighted by Crippen LogP contribution is -2.52. The number of imidazole rings is 1. The Bertz CT molecular complexity index is 880. The molecule has 0 aliphatic carbocycles. The molecule has 0 saturated carbocycles. The first-order chi connectivity index (χ1) is 12.0. The average molecular weight is 356 g/mol. The van der Waals surface area contributed by atoms with Crippen LogP contribution in [0.2, 0.25) is 5.02 Å². The van der Waals surface area contributed by atoms with Gasteiger partial charge >= 0.3 is 0 Å². The number of hydrogen-bond donors (Lipinski definition) is 1. The van der Waals surface area contributed by atoms with E-state index in [1.54, 1.807) is 6.20 Å². The van der Waals surface area contributed by atoms with Gasteiger partial charge in [0.05, 0.1) is 16.1 Å². The molecule has 3 heterocycles. The van der Waals surface area contributed by atoms with E-state index in [1.807, 2.05) is 12.1 Å². The molecule has 0 amide bonds. The molecule has 1 aliphatic heterocycles. The molecule has 4 rings (SSSR count). The van der Waals surface area contributed by atoms with Crippen LogP contribution in [0.5, 0.6) is 0 Å². The third-order valence-electron chi connectivity index (χ3n) is 5.02. The highest BCUT2D eigenvalue weighted by Crippen LogP contribution is 2.27. The van der Waals surface area contributed by atoms with Gasteiger partial charge in [-0.2, -0.15) is 0 Å². The van der Waals surface area contributed by atoms with Crippen molar-refractivity contribution in [3.63, 3.8) is 0 Å². The van der Waals surface area contributed by atoms with Crippen molar-refractivity contribution in [2.24, 2.45) is 0 Å². The van der Waals surface area contributed by atoms with Crippen molar-refractivity contribution >= 4 is 34.4 Å². The number of nitrogens with zero attached hydrogens (tertiary/aromatic N) is 4. The summed E-state index contributed by atoms with van der Waals surface area (Å²) in [6, 6.07) is 8.40. The predicted molar refractivity (Wildman–Crippen MR) is 104 cm³/mol. The normalized spacial score (nSPS) is 18.2. The van der Waals surface area contributed by atoms with Crippen molar-refractivity contribution in [2.75, 3.05) is 29.4 Å². The molecule has 1 atom stereocenters. The van der Waals surface area contributed by atoms with Crippen molar-refractivity contribution in [3.8, 4) is 0 Å². The molecule has 1 saturated heterocycles. The SMILES string of the molecule is Cc1cc2nc(N3CCN(c4ncccc4Cl)C[C@@H]3C)[nH]c2cc1C. The number of nitrogens with one attached hydrogen (secondary N) is 1. The summed E-state index contributed by atoms with van der Waals surface area (Å²) in [4.78, 5) is 17.3. The third-order valence-corrected chi connectivity index (χ3v) is 5.32. The lowest BCUT2D eigenvalue weighted by atomic mass is 10.1. The molecule has 0 radical (unpaired) electrons. The van der Waals surface area contributed by atoms with E-state index in [1.165, 1.54) is 11.1 Å². The van der Waals surface area contributed by atoms with Gasteiger partial charge in [0.25, 0.3) is 0 Å². The summed E-state index contributed by atoms with van der Waals surface area (Å²) in [5, 5.41) is 0.706. The molecule has 2 aromatic heterocycles. The molecule has 0 unspecified atom stereocenters. The lowest BCUT2D eigenvalue weighted by molar-refractivity contribution is 0.539. The number of aromatic nitrogens is 3. The Balaban J connectivity index is 1.58. The van der Waals surface area contributed by atoms with Crippen LogP contribution in [0.15, 0.2) is 30.5 Å². The van der Waals surface area contributed by atoms with E-state index in [9.17, 15) is 0 Å². The number of hydrogen-bond acceptors (Lipinski definition) is 4. The first kappa shape index (κ1) is 16.2. The number of fused-ring (bicyclic) bond motifs is 1. The van der Waals surface area contributed by atoms with Crippen LogP contribution in [0, 0.1) is 13.8 Å². The predicted octanol–water partition coefficient (Wildman–Crippen LogP) is 3.94. The van der Waals surface area contributed by atoms with Gasteiger partial charge in [-0.3, -0.25) is 0 Å². The van der Waals surface area contributed by atoms with Crippen LogP contribution in [0.25, 0.3) is 11.0 Å². The number of rotatable bonds is 2. The van der Waals surface area contributed by atoms with Gasteiger partial charge in [-0.15, -0.1) is 0 Å². The summed E-state index contributed by atoms with van der Waals surface area (Å²) < 4.78 is 0. The summed E-state index contributed by atoms with van der Waals surface area (Å²) in [6.45, 7) is 9.09. The Morgan fingerprint density at radius 1 is 1.20 bits per heavy atom. The number of piperazine rings is 1. The molecule has 0 bridgehead atoms. The van der Waals surface area contributed by atoms with Crippen LogP contribution in [-0.2, 0) is 0 Å². The van der Waals surface area contributed by atoms with Crippen molar-refractivity contribution < 1.29 is 0 Å². The standard InChI is InChI=1S/C19H22ClN5/c1-12-9-16-17(10-13(12)2)23-19(22-16)25-8-7-24(11-14(25)3)18-15(20)5-4-6-21-18/h4-6,9-10,14H,7-8,11H2,1-3H3,(H,22,23)/t14-/m0/s1. The van der Waals surface area contributed by atoms with E-state index >= 15 is 0 Å². The van der Waals surface area contributed by atoms with Gasteiger partial charge < -0.3 is 14.8 Å². The second-order valence-electron chi connectivity index (χ2n) is 6.81. The minimum atomic E-state index is 0.314. The lowest BCUT2D eigenvalue weighted by Gasteiger charge is -2.40. The average Bonchev–Trinajstić information content (AvgIpc) is 2.98. The van der Waals surface area contributed by atoms with Gasteiger partial charge in [-0.25, -0.2) is 9.97 Å². The Hall–Kier alpha value is -2.27.